The van der Waals surface area contributed by atoms with E-state index in [4.69, 9.17) is 9.47 Å². The molecule has 63 heavy (non-hydrogen) atoms. The minimum absolute atomic E-state index is 0.0612. The molecule has 0 rings (SSSR count). The Bertz CT molecular complexity index is 1090. The van der Waals surface area contributed by atoms with Gasteiger partial charge in [-0.25, -0.2) is 0 Å². The van der Waals surface area contributed by atoms with Crippen LogP contribution in [0.25, 0.3) is 0 Å². The van der Waals surface area contributed by atoms with Crippen LogP contribution in [0.1, 0.15) is 277 Å². The van der Waals surface area contributed by atoms with Gasteiger partial charge in [-0.2, -0.15) is 0 Å². The van der Waals surface area contributed by atoms with Crippen molar-refractivity contribution >= 4 is 11.9 Å². The fraction of sp³-hybridized carbons (Fsp3) is 0.793. The quantitative estimate of drug-likeness (QED) is 0.0374. The normalized spacial score (nSPS) is 12.6. The predicted octanol–water partition coefficient (Wildman–Crippen LogP) is 18.2. The van der Waals surface area contributed by atoms with Gasteiger partial charge in [0.15, 0.2) is 6.10 Å². The Morgan fingerprint density at radius 3 is 1.03 bits per heavy atom. The van der Waals surface area contributed by atoms with Gasteiger partial charge in [0.2, 0.25) is 0 Å². The third kappa shape index (κ3) is 52.1. The Morgan fingerprint density at radius 1 is 0.381 bits per heavy atom. The Kier molecular flexibility index (Phi) is 51.9. The average molecular weight is 881 g/mol. The lowest BCUT2D eigenvalue weighted by atomic mass is 10.0. The average Bonchev–Trinajstić information content (AvgIpc) is 3.29. The van der Waals surface area contributed by atoms with E-state index in [0.29, 0.717) is 12.8 Å². The van der Waals surface area contributed by atoms with Crippen LogP contribution in [0, 0.1) is 0 Å². The van der Waals surface area contributed by atoms with Crippen LogP contribution < -0.4 is 0 Å². The van der Waals surface area contributed by atoms with Crippen LogP contribution in [0.5, 0.6) is 0 Å². The van der Waals surface area contributed by atoms with Crippen LogP contribution in [-0.2, 0) is 19.1 Å². The molecule has 0 heterocycles. The van der Waals surface area contributed by atoms with Crippen LogP contribution in [0.3, 0.4) is 0 Å². The van der Waals surface area contributed by atoms with Crippen molar-refractivity contribution in [2.24, 2.45) is 0 Å². The van der Waals surface area contributed by atoms with Crippen LogP contribution in [0.4, 0.5) is 0 Å². The van der Waals surface area contributed by atoms with Crippen LogP contribution in [0.15, 0.2) is 60.8 Å². The molecule has 0 fully saturated rings. The summed E-state index contributed by atoms with van der Waals surface area (Å²) in [7, 11) is 0. The highest BCUT2D eigenvalue weighted by Gasteiger charge is 2.16. The Hall–Kier alpha value is -2.40. The topological polar surface area (TPSA) is 72.8 Å². The standard InChI is InChI=1S/C58H104O5/c1-3-5-7-9-11-13-15-17-19-20-21-22-23-24-25-26-27-28-29-30-31-32-33-34-35-36-37-38-39-41-43-45-47-49-51-53-58(61)63-56(54-59)55-62-57(60)52-50-48-46-44-42-40-18-16-14-12-10-8-6-4-2/h5,7,11,13,17,19,21-22,24-25,56,59H,3-4,6,8-10,12,14-16,18,20,23,26-55H2,1-2H3/b7-5-,13-11-,19-17-,22-21-,25-24-. The largest absolute Gasteiger partial charge is 0.462 e. The van der Waals surface area contributed by atoms with Crippen LogP contribution >= 0.6 is 0 Å². The molecule has 0 amide bonds. The monoisotopic (exact) mass is 881 g/mol. The van der Waals surface area contributed by atoms with Crippen molar-refractivity contribution in [3.05, 3.63) is 60.8 Å². The molecule has 0 aromatic carbocycles. The molecule has 0 aliphatic rings. The second-order valence-electron chi connectivity index (χ2n) is 18.3. The summed E-state index contributed by atoms with van der Waals surface area (Å²) < 4.78 is 10.7. The number of hydrogen-bond acceptors (Lipinski definition) is 5. The van der Waals surface area contributed by atoms with E-state index in [-0.39, 0.29) is 25.2 Å². The fourth-order valence-corrected chi connectivity index (χ4v) is 8.00. The lowest BCUT2D eigenvalue weighted by Crippen LogP contribution is -2.28. The highest BCUT2D eigenvalue weighted by molar-refractivity contribution is 5.70. The molecule has 0 bridgehead atoms. The number of hydrogen-bond donors (Lipinski definition) is 1. The van der Waals surface area contributed by atoms with Crippen molar-refractivity contribution in [2.45, 2.75) is 283 Å². The first-order valence-electron chi connectivity index (χ1n) is 27.3. The molecule has 366 valence electrons. The number of aliphatic hydroxyl groups is 1. The van der Waals surface area contributed by atoms with Crippen LogP contribution in [-0.4, -0.2) is 36.4 Å². The number of ether oxygens (including phenoxy) is 2. The molecule has 0 aromatic heterocycles. The molecule has 5 nitrogen and oxygen atoms in total. The zero-order chi connectivity index (χ0) is 45.6. The van der Waals surface area contributed by atoms with E-state index < -0.39 is 6.10 Å². The Morgan fingerprint density at radius 2 is 0.683 bits per heavy atom. The summed E-state index contributed by atoms with van der Waals surface area (Å²) in [6.07, 6.45) is 72.0. The third-order valence-corrected chi connectivity index (χ3v) is 12.1. The van der Waals surface area contributed by atoms with E-state index in [0.717, 1.165) is 70.6 Å². The molecule has 0 saturated carbocycles. The van der Waals surface area contributed by atoms with Gasteiger partial charge in [0.05, 0.1) is 6.61 Å². The van der Waals surface area contributed by atoms with Crippen molar-refractivity contribution in [3.63, 3.8) is 0 Å². The van der Waals surface area contributed by atoms with Gasteiger partial charge in [0.1, 0.15) is 6.61 Å². The summed E-state index contributed by atoms with van der Waals surface area (Å²) in [6, 6.07) is 0. The molecule has 5 heteroatoms. The van der Waals surface area contributed by atoms with Crippen molar-refractivity contribution in [2.75, 3.05) is 13.2 Å². The smallest absolute Gasteiger partial charge is 0.306 e. The van der Waals surface area contributed by atoms with Gasteiger partial charge in [-0.05, 0) is 57.8 Å². The summed E-state index contributed by atoms with van der Waals surface area (Å²) in [5.74, 6) is -0.577. The molecule has 1 unspecified atom stereocenters. The molecular formula is C58H104O5. The molecular weight excluding hydrogens is 777 g/mol. The van der Waals surface area contributed by atoms with Crippen molar-refractivity contribution < 1.29 is 24.2 Å². The molecule has 0 spiro atoms. The first-order valence-corrected chi connectivity index (χ1v) is 27.3. The molecule has 0 saturated heterocycles. The van der Waals surface area contributed by atoms with Crippen LogP contribution in [0.2, 0.25) is 0 Å². The zero-order valence-corrected chi connectivity index (χ0v) is 41.8. The fourth-order valence-electron chi connectivity index (χ4n) is 8.00. The molecule has 0 aliphatic carbocycles. The SMILES string of the molecule is CC/C=C\C/C=C\C/C=C\C/C=C\C/C=C\CCCCCCCCCCCCCCCCCCCCCC(=O)OC(CO)COC(=O)CCCCCCCCCCCCCCCC. The zero-order valence-electron chi connectivity index (χ0n) is 41.8. The van der Waals surface area contributed by atoms with E-state index in [9.17, 15) is 14.7 Å². The van der Waals surface area contributed by atoms with Gasteiger partial charge in [-0.3, -0.25) is 9.59 Å². The summed E-state index contributed by atoms with van der Waals surface area (Å²) >= 11 is 0. The summed E-state index contributed by atoms with van der Waals surface area (Å²) in [5.41, 5.74) is 0. The highest BCUT2D eigenvalue weighted by atomic mass is 16.6. The lowest BCUT2D eigenvalue weighted by molar-refractivity contribution is -0.161. The number of rotatable bonds is 50. The van der Waals surface area contributed by atoms with E-state index in [1.54, 1.807) is 0 Å². The number of carbonyl (C=O) groups excluding carboxylic acids is 2. The molecule has 1 atom stereocenters. The van der Waals surface area contributed by atoms with E-state index in [1.165, 1.54) is 180 Å². The molecule has 1 N–H and O–H groups in total. The minimum atomic E-state index is -0.768. The van der Waals surface area contributed by atoms with E-state index in [2.05, 4.69) is 74.6 Å². The van der Waals surface area contributed by atoms with Gasteiger partial charge in [-0.15, -0.1) is 0 Å². The minimum Gasteiger partial charge on any atom is -0.462 e. The van der Waals surface area contributed by atoms with Gasteiger partial charge in [0.25, 0.3) is 0 Å². The first kappa shape index (κ1) is 60.6. The second kappa shape index (κ2) is 53.9. The Balaban J connectivity index is 3.43. The van der Waals surface area contributed by atoms with Gasteiger partial charge in [0, 0.05) is 12.8 Å². The van der Waals surface area contributed by atoms with E-state index >= 15 is 0 Å². The number of esters is 2. The predicted molar refractivity (Wildman–Crippen MR) is 274 cm³/mol. The van der Waals surface area contributed by atoms with Crippen molar-refractivity contribution in [3.8, 4) is 0 Å². The van der Waals surface area contributed by atoms with Crippen molar-refractivity contribution in [1.82, 2.24) is 0 Å². The third-order valence-electron chi connectivity index (χ3n) is 12.1. The van der Waals surface area contributed by atoms with Crippen molar-refractivity contribution in [1.29, 1.82) is 0 Å². The van der Waals surface area contributed by atoms with Gasteiger partial charge >= 0.3 is 11.9 Å². The molecule has 0 radical (unpaired) electrons. The maximum atomic E-state index is 12.3. The Labute approximate surface area is 391 Å². The van der Waals surface area contributed by atoms with Gasteiger partial charge < -0.3 is 14.6 Å². The maximum Gasteiger partial charge on any atom is 0.306 e. The van der Waals surface area contributed by atoms with Gasteiger partial charge in [-0.1, -0.05) is 267 Å². The summed E-state index contributed by atoms with van der Waals surface area (Å²) in [5, 5.41) is 9.62. The summed E-state index contributed by atoms with van der Waals surface area (Å²) in [4.78, 5) is 24.4. The second-order valence-corrected chi connectivity index (χ2v) is 18.3. The number of carbonyl (C=O) groups is 2. The molecule has 0 aliphatic heterocycles. The maximum absolute atomic E-state index is 12.3. The number of allylic oxidation sites excluding steroid dienone is 10. The number of aliphatic hydroxyl groups excluding tert-OH is 1. The molecule has 0 aromatic rings. The highest BCUT2D eigenvalue weighted by Crippen LogP contribution is 2.17. The lowest BCUT2D eigenvalue weighted by Gasteiger charge is -2.15. The first-order chi connectivity index (χ1) is 31.1. The number of unbranched alkanes of at least 4 members (excludes halogenated alkanes) is 32. The van der Waals surface area contributed by atoms with E-state index in [1.807, 2.05) is 0 Å². The summed E-state index contributed by atoms with van der Waals surface area (Å²) in [6.45, 7) is 4.05.